The molecule has 43 heavy (non-hydrogen) atoms. The van der Waals surface area contributed by atoms with Crippen molar-refractivity contribution in [2.24, 2.45) is 0 Å². The maximum absolute atomic E-state index is 13.7. The third kappa shape index (κ3) is 5.04. The largest absolute Gasteiger partial charge is 0.488 e. The fourth-order valence-corrected chi connectivity index (χ4v) is 7.39. The van der Waals surface area contributed by atoms with E-state index in [1.165, 1.54) is 22.3 Å². The summed E-state index contributed by atoms with van der Waals surface area (Å²) >= 11 is 0. The SMILES string of the molecule is N#Cc1ccc(C2(O)CC3CCCC(C2)N3C(=O)OCC2c3ccccc3-c3ccccc32)cc1OCc1ccccc1. The van der Waals surface area contributed by atoms with Crippen molar-refractivity contribution >= 4 is 6.09 Å². The molecule has 7 rings (SSSR count). The second-order valence-electron chi connectivity index (χ2n) is 12.0. The first-order valence-electron chi connectivity index (χ1n) is 15.1. The molecule has 6 heteroatoms. The van der Waals surface area contributed by atoms with Gasteiger partial charge in [-0.2, -0.15) is 5.26 Å². The number of carbonyl (C=O) groups excluding carboxylic acids is 1. The molecule has 6 nitrogen and oxygen atoms in total. The minimum Gasteiger partial charge on any atom is -0.488 e. The van der Waals surface area contributed by atoms with Crippen LogP contribution in [0.3, 0.4) is 0 Å². The number of amides is 1. The van der Waals surface area contributed by atoms with Crippen LogP contribution in [0.25, 0.3) is 11.1 Å². The molecule has 2 saturated heterocycles. The first-order chi connectivity index (χ1) is 21.0. The van der Waals surface area contributed by atoms with Crippen LogP contribution < -0.4 is 4.74 Å². The quantitative estimate of drug-likeness (QED) is 0.263. The molecule has 1 aliphatic carbocycles. The van der Waals surface area contributed by atoms with Crippen LogP contribution in [0.15, 0.2) is 97.1 Å². The molecule has 3 aliphatic rings. The van der Waals surface area contributed by atoms with Gasteiger partial charge in [0.15, 0.2) is 0 Å². The lowest BCUT2D eigenvalue weighted by atomic mass is 9.72. The molecule has 2 aliphatic heterocycles. The predicted octanol–water partition coefficient (Wildman–Crippen LogP) is 7.29. The molecule has 2 atom stereocenters. The lowest BCUT2D eigenvalue weighted by molar-refractivity contribution is -0.0891. The molecule has 0 saturated carbocycles. The van der Waals surface area contributed by atoms with Gasteiger partial charge in [-0.1, -0.05) is 84.9 Å². The van der Waals surface area contributed by atoms with Crippen LogP contribution in [0.1, 0.15) is 65.8 Å². The highest BCUT2D eigenvalue weighted by Crippen LogP contribution is 2.47. The standard InChI is InChI=1S/C37H34N2O4/c38-22-26-17-18-27(19-35(26)42-23-25-9-2-1-3-10-25)37(41)20-28-11-8-12-29(21-37)39(28)36(40)43-24-34-32-15-6-4-13-30(32)31-14-5-7-16-33(31)34/h1-7,9-10,13-19,28-29,34,41H,8,11-12,20-21,23-24H2. The van der Waals surface area contributed by atoms with E-state index < -0.39 is 5.60 Å². The normalized spacial score (nSPS) is 22.3. The summed E-state index contributed by atoms with van der Waals surface area (Å²) < 4.78 is 12.1. The molecule has 0 aromatic heterocycles. The highest BCUT2D eigenvalue weighted by molar-refractivity contribution is 5.79. The van der Waals surface area contributed by atoms with Crippen LogP contribution in [0.5, 0.6) is 5.75 Å². The summed E-state index contributed by atoms with van der Waals surface area (Å²) in [6, 6.07) is 33.8. The predicted molar refractivity (Wildman–Crippen MR) is 163 cm³/mol. The van der Waals surface area contributed by atoms with Gasteiger partial charge in [-0.15, -0.1) is 0 Å². The molecule has 4 aromatic carbocycles. The number of hydrogen-bond donors (Lipinski definition) is 1. The van der Waals surface area contributed by atoms with Crippen LogP contribution in [0.2, 0.25) is 0 Å². The third-order valence-electron chi connectivity index (χ3n) is 9.43. The Morgan fingerprint density at radius 2 is 1.51 bits per heavy atom. The van der Waals surface area contributed by atoms with E-state index in [1.54, 1.807) is 12.1 Å². The van der Waals surface area contributed by atoms with Gasteiger partial charge in [0.2, 0.25) is 0 Å². The van der Waals surface area contributed by atoms with Crippen LogP contribution in [0, 0.1) is 11.3 Å². The molecule has 1 N–H and O–H groups in total. The second-order valence-corrected chi connectivity index (χ2v) is 12.0. The van der Waals surface area contributed by atoms with Gasteiger partial charge in [0.1, 0.15) is 25.0 Å². The van der Waals surface area contributed by atoms with Gasteiger partial charge in [-0.25, -0.2) is 4.79 Å². The smallest absolute Gasteiger partial charge is 0.410 e. The van der Waals surface area contributed by atoms with E-state index >= 15 is 0 Å². The first kappa shape index (κ1) is 27.2. The Bertz CT molecular complexity index is 1640. The fraction of sp³-hybridized carbons (Fsp3) is 0.297. The molecular weight excluding hydrogens is 536 g/mol. The van der Waals surface area contributed by atoms with E-state index in [2.05, 4.69) is 30.3 Å². The number of nitriles is 1. The number of benzene rings is 4. The minimum absolute atomic E-state index is 0.00543. The van der Waals surface area contributed by atoms with Crippen molar-refractivity contribution in [2.75, 3.05) is 6.61 Å². The zero-order chi connectivity index (χ0) is 29.4. The van der Waals surface area contributed by atoms with Gasteiger partial charge in [-0.05, 0) is 64.8 Å². The highest BCUT2D eigenvalue weighted by Gasteiger charge is 2.49. The molecule has 2 bridgehead atoms. The topological polar surface area (TPSA) is 82.8 Å². The van der Waals surface area contributed by atoms with Crippen molar-refractivity contribution in [1.29, 1.82) is 5.26 Å². The number of nitrogens with zero attached hydrogens (tertiary/aromatic N) is 2. The lowest BCUT2D eigenvalue weighted by Gasteiger charge is -2.51. The molecule has 0 radical (unpaired) electrons. The minimum atomic E-state index is -1.13. The average Bonchev–Trinajstić information content (AvgIpc) is 3.36. The number of hydrogen-bond acceptors (Lipinski definition) is 5. The van der Waals surface area contributed by atoms with E-state index in [0.29, 0.717) is 30.8 Å². The molecule has 4 aromatic rings. The maximum Gasteiger partial charge on any atom is 0.410 e. The maximum atomic E-state index is 13.7. The van der Waals surface area contributed by atoms with E-state index in [-0.39, 0.29) is 30.7 Å². The number of aliphatic hydroxyl groups is 1. The van der Waals surface area contributed by atoms with Gasteiger partial charge < -0.3 is 19.5 Å². The number of carbonyl (C=O) groups is 1. The summed E-state index contributed by atoms with van der Waals surface area (Å²) in [6.07, 6.45) is 3.17. The Balaban J connectivity index is 1.08. The van der Waals surface area contributed by atoms with Crippen molar-refractivity contribution in [3.63, 3.8) is 0 Å². The van der Waals surface area contributed by atoms with Crippen molar-refractivity contribution in [3.05, 3.63) is 125 Å². The molecule has 2 fully saturated rings. The van der Waals surface area contributed by atoms with E-state index in [1.807, 2.05) is 65.6 Å². The summed E-state index contributed by atoms with van der Waals surface area (Å²) in [6.45, 7) is 0.614. The Morgan fingerprint density at radius 1 is 0.884 bits per heavy atom. The molecule has 216 valence electrons. The van der Waals surface area contributed by atoms with Crippen molar-refractivity contribution in [2.45, 2.75) is 62.3 Å². The third-order valence-corrected chi connectivity index (χ3v) is 9.43. The number of ether oxygens (including phenoxy) is 2. The monoisotopic (exact) mass is 570 g/mol. The summed E-state index contributed by atoms with van der Waals surface area (Å²) in [5, 5.41) is 21.7. The number of rotatable bonds is 6. The molecular formula is C37H34N2O4. The number of piperidine rings is 2. The molecule has 2 unspecified atom stereocenters. The Hall–Kier alpha value is -4.60. The van der Waals surface area contributed by atoms with Crippen molar-refractivity contribution in [3.8, 4) is 22.9 Å². The van der Waals surface area contributed by atoms with Crippen LogP contribution >= 0.6 is 0 Å². The van der Waals surface area contributed by atoms with Crippen LogP contribution in [0.4, 0.5) is 4.79 Å². The zero-order valence-corrected chi connectivity index (χ0v) is 24.0. The van der Waals surface area contributed by atoms with Crippen molar-refractivity contribution < 1.29 is 19.4 Å². The molecule has 1 amide bonds. The summed E-state index contributed by atoms with van der Waals surface area (Å²) in [5.41, 5.74) is 5.81. The summed E-state index contributed by atoms with van der Waals surface area (Å²) in [4.78, 5) is 15.6. The summed E-state index contributed by atoms with van der Waals surface area (Å²) in [7, 11) is 0. The van der Waals surface area contributed by atoms with Crippen LogP contribution in [-0.4, -0.2) is 34.8 Å². The van der Waals surface area contributed by atoms with Gasteiger partial charge in [-0.3, -0.25) is 0 Å². The Morgan fingerprint density at radius 3 is 2.16 bits per heavy atom. The Kier molecular flexibility index (Phi) is 7.12. The van der Waals surface area contributed by atoms with Crippen LogP contribution in [-0.2, 0) is 16.9 Å². The van der Waals surface area contributed by atoms with E-state index in [4.69, 9.17) is 9.47 Å². The summed E-state index contributed by atoms with van der Waals surface area (Å²) in [5.74, 6) is 0.465. The lowest BCUT2D eigenvalue weighted by Crippen LogP contribution is -2.59. The molecule has 2 heterocycles. The average molecular weight is 571 g/mol. The highest BCUT2D eigenvalue weighted by atomic mass is 16.6. The zero-order valence-electron chi connectivity index (χ0n) is 24.0. The fourth-order valence-electron chi connectivity index (χ4n) is 7.39. The Labute approximate surface area is 252 Å². The van der Waals surface area contributed by atoms with Gasteiger partial charge in [0.05, 0.1) is 11.2 Å². The van der Waals surface area contributed by atoms with E-state index in [9.17, 15) is 15.2 Å². The van der Waals surface area contributed by atoms with Gasteiger partial charge >= 0.3 is 6.09 Å². The second kappa shape index (κ2) is 11.2. The van der Waals surface area contributed by atoms with Crippen molar-refractivity contribution in [1.82, 2.24) is 4.90 Å². The molecule has 0 spiro atoms. The van der Waals surface area contributed by atoms with E-state index in [0.717, 1.165) is 30.4 Å². The van der Waals surface area contributed by atoms with Gasteiger partial charge in [0.25, 0.3) is 0 Å². The number of fused-ring (bicyclic) bond motifs is 5. The first-order valence-corrected chi connectivity index (χ1v) is 15.1. The van der Waals surface area contributed by atoms with Gasteiger partial charge in [0, 0.05) is 30.8 Å².